The molecule has 2 nitrogen and oxygen atoms in total. The number of hydrogen-bond acceptors (Lipinski definition) is 2. The van der Waals surface area contributed by atoms with Gasteiger partial charge in [-0.2, -0.15) is 10.5 Å². The van der Waals surface area contributed by atoms with Crippen LogP contribution in [0.2, 0.25) is 0 Å². The van der Waals surface area contributed by atoms with Crippen LogP contribution in [-0.2, 0) is 0 Å². The quantitative estimate of drug-likeness (QED) is 0.735. The fourth-order valence-corrected chi connectivity index (χ4v) is 2.97. The van der Waals surface area contributed by atoms with E-state index in [-0.39, 0.29) is 5.92 Å². The van der Waals surface area contributed by atoms with E-state index in [0.717, 1.165) is 16.7 Å². The Hall–Kier alpha value is -3.28. The Morgan fingerprint density at radius 1 is 1.09 bits per heavy atom. The summed E-state index contributed by atoms with van der Waals surface area (Å²) in [6.07, 6.45) is 14.9. The number of nitriles is 2. The Morgan fingerprint density at radius 3 is 2.45 bits per heavy atom. The Morgan fingerprint density at radius 2 is 1.82 bits per heavy atom. The minimum absolute atomic E-state index is 0.348. The highest BCUT2D eigenvalue weighted by Crippen LogP contribution is 2.52. The molecule has 2 heteroatoms. The maximum absolute atomic E-state index is 9.80. The molecule has 0 spiro atoms. The highest BCUT2D eigenvalue weighted by atomic mass is 14.5. The van der Waals surface area contributed by atoms with Crippen molar-refractivity contribution in [2.45, 2.75) is 0 Å². The molecule has 1 aromatic rings. The lowest BCUT2D eigenvalue weighted by Crippen LogP contribution is -2.24. The molecule has 0 saturated carbocycles. The Kier molecular flexibility index (Phi) is 3.27. The molecule has 0 bridgehead atoms. The van der Waals surface area contributed by atoms with Gasteiger partial charge in [0, 0.05) is 11.5 Å². The van der Waals surface area contributed by atoms with Gasteiger partial charge < -0.3 is 0 Å². The van der Waals surface area contributed by atoms with Gasteiger partial charge in [0.2, 0.25) is 0 Å². The zero-order valence-corrected chi connectivity index (χ0v) is 11.8. The number of terminal acetylenes is 1. The van der Waals surface area contributed by atoms with Crippen LogP contribution in [0.1, 0.15) is 5.56 Å². The molecule has 0 N–H and O–H groups in total. The standard InChI is InChI=1S/C20H12N2/c1-2-15-7-6-10-17-12-19(16-8-4-3-5-9-16)20(13-21,14-22)18(17)11-15/h1,3-12,18H. The molecule has 2 aliphatic carbocycles. The molecule has 0 radical (unpaired) electrons. The van der Waals surface area contributed by atoms with Crippen molar-refractivity contribution in [1.82, 2.24) is 0 Å². The third kappa shape index (κ3) is 1.89. The van der Waals surface area contributed by atoms with E-state index in [4.69, 9.17) is 6.42 Å². The van der Waals surface area contributed by atoms with Crippen molar-refractivity contribution in [2.24, 2.45) is 11.3 Å². The van der Waals surface area contributed by atoms with Crippen LogP contribution in [0.25, 0.3) is 5.57 Å². The lowest BCUT2D eigenvalue weighted by atomic mass is 9.72. The lowest BCUT2D eigenvalue weighted by Gasteiger charge is -2.23. The van der Waals surface area contributed by atoms with Crippen molar-refractivity contribution < 1.29 is 0 Å². The molecule has 2 aliphatic rings. The van der Waals surface area contributed by atoms with Crippen molar-refractivity contribution in [3.63, 3.8) is 0 Å². The number of rotatable bonds is 1. The fourth-order valence-electron chi connectivity index (χ4n) is 2.97. The molecule has 0 fully saturated rings. The van der Waals surface area contributed by atoms with Crippen molar-refractivity contribution in [1.29, 1.82) is 10.5 Å². The van der Waals surface area contributed by atoms with Crippen LogP contribution in [-0.4, -0.2) is 0 Å². The van der Waals surface area contributed by atoms with E-state index in [1.807, 2.05) is 60.7 Å². The number of nitrogens with zero attached hydrogens (tertiary/aromatic N) is 2. The van der Waals surface area contributed by atoms with Crippen LogP contribution in [0, 0.1) is 46.3 Å². The van der Waals surface area contributed by atoms with Crippen molar-refractivity contribution in [3.8, 4) is 24.5 Å². The molecule has 0 heterocycles. The summed E-state index contributed by atoms with van der Waals surface area (Å²) >= 11 is 0. The van der Waals surface area contributed by atoms with Gasteiger partial charge in [0.25, 0.3) is 0 Å². The maximum atomic E-state index is 9.80. The van der Waals surface area contributed by atoms with E-state index < -0.39 is 5.41 Å². The van der Waals surface area contributed by atoms with Gasteiger partial charge in [0.15, 0.2) is 5.41 Å². The van der Waals surface area contributed by atoms with Gasteiger partial charge in [0.05, 0.1) is 12.1 Å². The summed E-state index contributed by atoms with van der Waals surface area (Å²) in [6.45, 7) is 0. The Bertz CT molecular complexity index is 845. The number of allylic oxidation sites excluding steroid dienone is 8. The second kappa shape index (κ2) is 5.25. The minimum atomic E-state index is -1.25. The first-order valence-electron chi connectivity index (χ1n) is 6.92. The molecule has 22 heavy (non-hydrogen) atoms. The summed E-state index contributed by atoms with van der Waals surface area (Å²) < 4.78 is 0. The van der Waals surface area contributed by atoms with Crippen molar-refractivity contribution >= 4 is 5.57 Å². The minimum Gasteiger partial charge on any atom is -0.196 e. The van der Waals surface area contributed by atoms with Crippen molar-refractivity contribution in [2.75, 3.05) is 0 Å². The summed E-state index contributed by atoms with van der Waals surface area (Å²) in [5.74, 6) is 2.25. The van der Waals surface area contributed by atoms with Crippen LogP contribution < -0.4 is 0 Å². The summed E-state index contributed by atoms with van der Waals surface area (Å²) in [5, 5.41) is 19.6. The summed E-state index contributed by atoms with van der Waals surface area (Å²) in [4.78, 5) is 0. The predicted molar refractivity (Wildman–Crippen MR) is 85.7 cm³/mol. The topological polar surface area (TPSA) is 47.6 Å². The van der Waals surface area contributed by atoms with Crippen LogP contribution in [0.5, 0.6) is 0 Å². The largest absolute Gasteiger partial charge is 0.196 e. The number of benzene rings is 1. The lowest BCUT2D eigenvalue weighted by molar-refractivity contribution is 0.577. The van der Waals surface area contributed by atoms with Gasteiger partial charge in [-0.05, 0) is 22.8 Å². The van der Waals surface area contributed by atoms with E-state index in [9.17, 15) is 10.5 Å². The van der Waals surface area contributed by atoms with E-state index >= 15 is 0 Å². The van der Waals surface area contributed by atoms with Gasteiger partial charge >= 0.3 is 0 Å². The molecule has 102 valence electrons. The molecular weight excluding hydrogens is 268 g/mol. The monoisotopic (exact) mass is 280 g/mol. The highest BCUT2D eigenvalue weighted by Gasteiger charge is 2.48. The van der Waals surface area contributed by atoms with E-state index in [2.05, 4.69) is 18.1 Å². The van der Waals surface area contributed by atoms with E-state index in [1.54, 1.807) is 0 Å². The van der Waals surface area contributed by atoms with Gasteiger partial charge in [-0.25, -0.2) is 0 Å². The first-order chi connectivity index (χ1) is 10.7. The van der Waals surface area contributed by atoms with Crippen molar-refractivity contribution in [3.05, 3.63) is 77.4 Å². The van der Waals surface area contributed by atoms with Gasteiger partial charge in [-0.15, -0.1) is 6.42 Å². The van der Waals surface area contributed by atoms with Gasteiger partial charge in [0.1, 0.15) is 0 Å². The summed E-state index contributed by atoms with van der Waals surface area (Å²) in [6, 6.07) is 14.0. The van der Waals surface area contributed by atoms with Crippen LogP contribution >= 0.6 is 0 Å². The Labute approximate surface area is 130 Å². The van der Waals surface area contributed by atoms with E-state index in [0.29, 0.717) is 5.57 Å². The summed E-state index contributed by atoms with van der Waals surface area (Å²) in [7, 11) is 0. The van der Waals surface area contributed by atoms with Gasteiger partial charge in [-0.1, -0.05) is 60.6 Å². The van der Waals surface area contributed by atoms with Crippen LogP contribution in [0.4, 0.5) is 0 Å². The van der Waals surface area contributed by atoms with Crippen LogP contribution in [0.15, 0.2) is 71.9 Å². The zero-order chi connectivity index (χ0) is 15.6. The molecule has 1 atom stereocenters. The molecule has 1 aromatic carbocycles. The molecule has 0 aliphatic heterocycles. The molecule has 1 unspecified atom stereocenters. The average molecular weight is 280 g/mol. The molecule has 3 rings (SSSR count). The molecule has 0 saturated heterocycles. The van der Waals surface area contributed by atoms with Gasteiger partial charge in [-0.3, -0.25) is 0 Å². The average Bonchev–Trinajstić information content (AvgIpc) is 2.73. The second-order valence-corrected chi connectivity index (χ2v) is 5.23. The normalized spacial score (nSPS) is 21.1. The number of hydrogen-bond donors (Lipinski definition) is 0. The first-order valence-corrected chi connectivity index (χ1v) is 6.92. The molecule has 0 amide bonds. The summed E-state index contributed by atoms with van der Waals surface area (Å²) in [5.41, 5.74) is 2.00. The number of fused-ring (bicyclic) bond motifs is 1. The third-order valence-corrected chi connectivity index (χ3v) is 4.08. The second-order valence-electron chi connectivity index (χ2n) is 5.23. The van der Waals surface area contributed by atoms with E-state index in [1.165, 1.54) is 0 Å². The first kappa shape index (κ1) is 13.7. The fraction of sp³-hybridized carbons (Fsp3) is 0.100. The molecular formula is C20H12N2. The maximum Gasteiger partial charge on any atom is 0.179 e. The zero-order valence-electron chi connectivity index (χ0n) is 11.8. The SMILES string of the molecule is C#CC1=CC2C(=CC=C1)C=C(c1ccccc1)C2(C#N)C#N. The van der Waals surface area contributed by atoms with Crippen LogP contribution in [0.3, 0.4) is 0 Å². The highest BCUT2D eigenvalue weighted by molar-refractivity contribution is 5.83. The smallest absolute Gasteiger partial charge is 0.179 e. The Balaban J connectivity index is 2.24. The molecule has 0 aromatic heterocycles. The third-order valence-electron chi connectivity index (χ3n) is 4.08. The predicted octanol–water partition coefficient (Wildman–Crippen LogP) is 3.79.